The maximum Gasteiger partial charge on any atom is 0.0805 e. The van der Waals surface area contributed by atoms with Crippen molar-refractivity contribution >= 4 is 20.2 Å². The molecule has 0 rings (SSSR count). The minimum atomic E-state index is -2.81. The Bertz CT molecular complexity index is 122. The van der Waals surface area contributed by atoms with Gasteiger partial charge in [0.05, 0.1) is 25.2 Å². The van der Waals surface area contributed by atoms with Gasteiger partial charge in [-0.25, -0.2) is 0 Å². The van der Waals surface area contributed by atoms with Gasteiger partial charge < -0.3 is 19.0 Å². The molecule has 1 unspecified atom stereocenters. The molecule has 0 saturated carbocycles. The van der Waals surface area contributed by atoms with E-state index in [9.17, 15) is 9.79 Å². The Morgan fingerprint density at radius 1 is 1.50 bits per heavy atom. The Balaban J connectivity index is 3.21. The van der Waals surface area contributed by atoms with Crippen LogP contribution < -0.4 is 9.79 Å². The van der Waals surface area contributed by atoms with E-state index in [-0.39, 0.29) is 13.2 Å². The first kappa shape index (κ1) is 12.3. The molecular weight excluding hydrogens is 202 g/mol. The van der Waals surface area contributed by atoms with Crippen LogP contribution in [0.5, 0.6) is 0 Å². The van der Waals surface area contributed by atoms with Gasteiger partial charge in [-0.15, -0.1) is 18.2 Å². The zero-order valence-corrected chi connectivity index (χ0v) is 8.09. The summed E-state index contributed by atoms with van der Waals surface area (Å²) in [6, 6.07) is 0. The highest BCUT2D eigenvalue weighted by Gasteiger charge is 2.02. The van der Waals surface area contributed by atoms with Crippen LogP contribution in [0.2, 0.25) is 0 Å². The van der Waals surface area contributed by atoms with Gasteiger partial charge in [-0.3, -0.25) is 0 Å². The summed E-state index contributed by atoms with van der Waals surface area (Å²) in [5.74, 6) is 0. The third-order valence-corrected chi connectivity index (χ3v) is 1.51. The molecule has 6 heteroatoms. The Labute approximate surface area is 77.8 Å². The SMILES string of the molecule is C=CCOCC(Cl)COP([O-])[O-]. The van der Waals surface area contributed by atoms with Gasteiger partial charge >= 0.3 is 0 Å². The molecule has 4 nitrogen and oxygen atoms in total. The molecule has 0 fully saturated rings. The Kier molecular flexibility index (Phi) is 8.12. The molecule has 0 aliphatic heterocycles. The fraction of sp³-hybridized carbons (Fsp3) is 0.667. The van der Waals surface area contributed by atoms with Crippen molar-refractivity contribution in [1.29, 1.82) is 0 Å². The maximum atomic E-state index is 9.93. The average Bonchev–Trinajstić information content (AvgIpc) is 2.01. The molecule has 0 N–H and O–H groups in total. The largest absolute Gasteiger partial charge is 0.820 e. The van der Waals surface area contributed by atoms with Crippen LogP contribution in [-0.2, 0) is 9.26 Å². The molecule has 12 heavy (non-hydrogen) atoms. The fourth-order valence-corrected chi connectivity index (χ4v) is 1.01. The van der Waals surface area contributed by atoms with E-state index >= 15 is 0 Å². The zero-order valence-electron chi connectivity index (χ0n) is 6.44. The number of hydrogen-bond donors (Lipinski definition) is 0. The molecule has 0 bridgehead atoms. The van der Waals surface area contributed by atoms with Crippen LogP contribution >= 0.6 is 20.2 Å². The molecule has 0 aliphatic rings. The second-order valence-corrected chi connectivity index (χ2v) is 3.27. The zero-order chi connectivity index (χ0) is 9.40. The Morgan fingerprint density at radius 2 is 2.17 bits per heavy atom. The van der Waals surface area contributed by atoms with Crippen molar-refractivity contribution in [3.63, 3.8) is 0 Å². The summed E-state index contributed by atoms with van der Waals surface area (Å²) in [7, 11) is -2.81. The molecular formula is C6H10ClO4P-2. The van der Waals surface area contributed by atoms with Gasteiger partial charge in [-0.05, 0) is 0 Å². The molecule has 0 aromatic rings. The van der Waals surface area contributed by atoms with E-state index in [1.54, 1.807) is 6.08 Å². The van der Waals surface area contributed by atoms with E-state index in [1.165, 1.54) is 0 Å². The van der Waals surface area contributed by atoms with Crippen LogP contribution in [0.15, 0.2) is 12.7 Å². The van der Waals surface area contributed by atoms with Gasteiger partial charge in [0, 0.05) is 0 Å². The molecule has 0 saturated heterocycles. The van der Waals surface area contributed by atoms with Gasteiger partial charge in [-0.1, -0.05) is 6.08 Å². The van der Waals surface area contributed by atoms with Crippen molar-refractivity contribution in [2.75, 3.05) is 19.8 Å². The van der Waals surface area contributed by atoms with Crippen LogP contribution in [0.4, 0.5) is 0 Å². The van der Waals surface area contributed by atoms with Crippen LogP contribution in [0.25, 0.3) is 0 Å². The third-order valence-electron chi connectivity index (χ3n) is 0.895. The molecule has 0 spiro atoms. The molecule has 0 amide bonds. The number of ether oxygens (including phenoxy) is 1. The molecule has 72 valence electrons. The quantitative estimate of drug-likeness (QED) is 0.253. The van der Waals surface area contributed by atoms with Gasteiger partial charge in [0.2, 0.25) is 0 Å². The van der Waals surface area contributed by atoms with E-state index < -0.39 is 14.0 Å². The van der Waals surface area contributed by atoms with Gasteiger partial charge in [0.1, 0.15) is 0 Å². The number of alkyl halides is 1. The minimum absolute atomic E-state index is 0.0581. The first-order valence-electron chi connectivity index (χ1n) is 3.26. The van der Waals surface area contributed by atoms with Crippen LogP contribution in [0.1, 0.15) is 0 Å². The number of rotatable bonds is 7. The van der Waals surface area contributed by atoms with Crippen LogP contribution in [-0.4, -0.2) is 25.2 Å². The molecule has 0 aliphatic carbocycles. The van der Waals surface area contributed by atoms with Gasteiger partial charge in [0.25, 0.3) is 0 Å². The summed E-state index contributed by atoms with van der Waals surface area (Å²) >= 11 is 5.61. The summed E-state index contributed by atoms with van der Waals surface area (Å²) in [5.41, 5.74) is 0. The Hall–Kier alpha value is 0.300. The summed E-state index contributed by atoms with van der Waals surface area (Å²) in [5, 5.41) is -0.446. The fourth-order valence-electron chi connectivity index (χ4n) is 0.469. The van der Waals surface area contributed by atoms with E-state index in [2.05, 4.69) is 11.1 Å². The Morgan fingerprint density at radius 3 is 2.67 bits per heavy atom. The summed E-state index contributed by atoms with van der Waals surface area (Å²) in [6.07, 6.45) is 1.58. The average molecular weight is 213 g/mol. The lowest BCUT2D eigenvalue weighted by Gasteiger charge is -2.30. The molecule has 1 atom stereocenters. The second kappa shape index (κ2) is 7.92. The molecule has 0 aromatic carbocycles. The first-order chi connectivity index (χ1) is 5.66. The predicted octanol–water partition coefficient (Wildman–Crippen LogP) is -0.240. The summed E-state index contributed by atoms with van der Waals surface area (Å²) in [4.78, 5) is 19.9. The monoisotopic (exact) mass is 212 g/mol. The summed E-state index contributed by atoms with van der Waals surface area (Å²) in [6.45, 7) is 4.02. The van der Waals surface area contributed by atoms with Gasteiger partial charge in [-0.2, -0.15) is 8.60 Å². The highest BCUT2D eigenvalue weighted by Crippen LogP contribution is 2.14. The second-order valence-electron chi connectivity index (χ2n) is 1.94. The van der Waals surface area contributed by atoms with Crippen molar-refractivity contribution < 1.29 is 19.0 Å². The van der Waals surface area contributed by atoms with Crippen molar-refractivity contribution in [1.82, 2.24) is 0 Å². The van der Waals surface area contributed by atoms with Crippen LogP contribution in [0.3, 0.4) is 0 Å². The van der Waals surface area contributed by atoms with E-state index in [0.29, 0.717) is 6.61 Å². The van der Waals surface area contributed by atoms with E-state index in [1.807, 2.05) is 0 Å². The van der Waals surface area contributed by atoms with Crippen molar-refractivity contribution in [2.45, 2.75) is 5.38 Å². The van der Waals surface area contributed by atoms with Crippen molar-refractivity contribution in [3.05, 3.63) is 12.7 Å². The highest BCUT2D eigenvalue weighted by atomic mass is 35.5. The van der Waals surface area contributed by atoms with Crippen LogP contribution in [0, 0.1) is 0 Å². The highest BCUT2D eigenvalue weighted by molar-refractivity contribution is 7.36. The lowest BCUT2D eigenvalue weighted by Crippen LogP contribution is -2.19. The smallest absolute Gasteiger partial charge is 0.0805 e. The number of halogens is 1. The van der Waals surface area contributed by atoms with E-state index in [0.717, 1.165) is 0 Å². The topological polar surface area (TPSA) is 64.6 Å². The predicted molar refractivity (Wildman–Crippen MR) is 43.5 cm³/mol. The standard InChI is InChI=1S/C6H10ClO4P/c1-2-3-10-4-6(7)5-11-12(8)9/h2,6H,1,3-5H2/q-2. The lowest BCUT2D eigenvalue weighted by atomic mass is 10.5. The van der Waals surface area contributed by atoms with E-state index in [4.69, 9.17) is 16.3 Å². The van der Waals surface area contributed by atoms with Crippen molar-refractivity contribution in [2.24, 2.45) is 0 Å². The summed E-state index contributed by atoms with van der Waals surface area (Å²) < 4.78 is 9.20. The normalized spacial score (nSPS) is 13.3. The molecule has 0 heterocycles. The first-order valence-corrected chi connectivity index (χ1v) is 4.80. The lowest BCUT2D eigenvalue weighted by molar-refractivity contribution is -0.318. The number of hydrogen-bond acceptors (Lipinski definition) is 4. The van der Waals surface area contributed by atoms with Crippen molar-refractivity contribution in [3.8, 4) is 0 Å². The molecule has 0 aromatic heterocycles. The maximum absolute atomic E-state index is 9.93. The molecule has 0 radical (unpaired) electrons. The van der Waals surface area contributed by atoms with Gasteiger partial charge in [0.15, 0.2) is 0 Å². The minimum Gasteiger partial charge on any atom is -0.820 e. The third kappa shape index (κ3) is 8.40.